The van der Waals surface area contributed by atoms with E-state index in [1.165, 1.54) is 14.2 Å². The van der Waals surface area contributed by atoms with Crippen molar-refractivity contribution < 1.29 is 23.9 Å². The molecule has 0 radical (unpaired) electrons. The molecule has 26 heavy (non-hydrogen) atoms. The normalized spacial score (nSPS) is 11.3. The van der Waals surface area contributed by atoms with Crippen molar-refractivity contribution in [3.05, 3.63) is 60.2 Å². The van der Waals surface area contributed by atoms with E-state index in [2.05, 4.69) is 14.8 Å². The average Bonchev–Trinajstić information content (AvgIpc) is 2.70. The summed E-state index contributed by atoms with van der Waals surface area (Å²) >= 11 is 0. The number of nitrogens with one attached hydrogen (secondary N) is 1. The van der Waals surface area contributed by atoms with Gasteiger partial charge in [-0.2, -0.15) is 0 Å². The molecule has 0 spiro atoms. The molecule has 0 bridgehead atoms. The van der Waals surface area contributed by atoms with Gasteiger partial charge in [0.1, 0.15) is 6.04 Å². The number of methoxy groups -OCH3 is 2. The predicted molar refractivity (Wildman–Crippen MR) is 96.4 cm³/mol. The van der Waals surface area contributed by atoms with E-state index < -0.39 is 23.9 Å². The summed E-state index contributed by atoms with van der Waals surface area (Å²) < 4.78 is 9.24. The molecule has 0 aliphatic heterocycles. The van der Waals surface area contributed by atoms with Crippen LogP contribution in [0.4, 0.5) is 0 Å². The Bertz CT molecular complexity index is 756. The molecule has 1 N–H and O–H groups in total. The Labute approximate surface area is 152 Å². The van der Waals surface area contributed by atoms with E-state index in [1.807, 2.05) is 42.5 Å². The number of carbonyl (C=O) groups excluding carboxylic acids is 3. The molecule has 0 fully saturated rings. The first-order valence-corrected chi connectivity index (χ1v) is 8.16. The quantitative estimate of drug-likeness (QED) is 0.772. The summed E-state index contributed by atoms with van der Waals surface area (Å²) in [5.74, 6) is -1.48. The first-order valence-electron chi connectivity index (χ1n) is 8.16. The average molecular weight is 355 g/mol. The molecule has 0 aliphatic carbocycles. The fourth-order valence-electron chi connectivity index (χ4n) is 2.44. The Balaban J connectivity index is 2.06. The Morgan fingerprint density at radius 3 is 2.08 bits per heavy atom. The zero-order valence-corrected chi connectivity index (χ0v) is 14.7. The van der Waals surface area contributed by atoms with Gasteiger partial charge in [0.05, 0.1) is 14.2 Å². The number of hydrogen-bond donors (Lipinski definition) is 1. The van der Waals surface area contributed by atoms with Crippen LogP contribution in [0.2, 0.25) is 0 Å². The lowest BCUT2D eigenvalue weighted by Crippen LogP contribution is -2.41. The first-order chi connectivity index (χ1) is 12.5. The van der Waals surface area contributed by atoms with Crippen LogP contribution in [0.25, 0.3) is 11.1 Å². The third-order valence-corrected chi connectivity index (χ3v) is 3.91. The Morgan fingerprint density at radius 2 is 1.50 bits per heavy atom. The van der Waals surface area contributed by atoms with Crippen molar-refractivity contribution in [3.63, 3.8) is 0 Å². The predicted octanol–water partition coefficient (Wildman–Crippen LogP) is 2.58. The maximum atomic E-state index is 12.4. The van der Waals surface area contributed by atoms with E-state index in [1.54, 1.807) is 12.1 Å². The number of carbonyl (C=O) groups is 3. The molecule has 0 unspecified atom stereocenters. The number of ether oxygens (including phenoxy) is 2. The van der Waals surface area contributed by atoms with Gasteiger partial charge in [0.15, 0.2) is 0 Å². The van der Waals surface area contributed by atoms with E-state index in [-0.39, 0.29) is 12.8 Å². The van der Waals surface area contributed by atoms with Crippen LogP contribution >= 0.6 is 0 Å². The molecule has 6 heteroatoms. The molecule has 2 rings (SSSR count). The largest absolute Gasteiger partial charge is 0.469 e. The molecule has 0 aliphatic rings. The van der Waals surface area contributed by atoms with E-state index >= 15 is 0 Å². The van der Waals surface area contributed by atoms with Crippen LogP contribution in [0.1, 0.15) is 23.2 Å². The van der Waals surface area contributed by atoms with Gasteiger partial charge in [-0.15, -0.1) is 0 Å². The molecule has 136 valence electrons. The Morgan fingerprint density at radius 1 is 0.885 bits per heavy atom. The van der Waals surface area contributed by atoms with Crippen molar-refractivity contribution in [1.82, 2.24) is 5.32 Å². The lowest BCUT2D eigenvalue weighted by atomic mass is 10.0. The monoisotopic (exact) mass is 355 g/mol. The molecule has 0 saturated carbocycles. The minimum absolute atomic E-state index is 0.00346. The van der Waals surface area contributed by atoms with Gasteiger partial charge >= 0.3 is 11.9 Å². The second-order valence-corrected chi connectivity index (χ2v) is 5.61. The minimum Gasteiger partial charge on any atom is -0.469 e. The second kappa shape index (κ2) is 9.36. The molecule has 1 amide bonds. The Kier molecular flexibility index (Phi) is 6.91. The first kappa shape index (κ1) is 19.2. The number of benzene rings is 2. The van der Waals surface area contributed by atoms with Crippen molar-refractivity contribution in [2.45, 2.75) is 18.9 Å². The van der Waals surface area contributed by atoms with Crippen LogP contribution in [-0.2, 0) is 19.1 Å². The Hall–Kier alpha value is -3.15. The van der Waals surface area contributed by atoms with Gasteiger partial charge in [0, 0.05) is 12.0 Å². The van der Waals surface area contributed by atoms with Crippen LogP contribution in [-0.4, -0.2) is 38.1 Å². The van der Waals surface area contributed by atoms with Crippen LogP contribution in [0, 0.1) is 0 Å². The molecule has 1 atom stereocenters. The minimum atomic E-state index is -0.916. The number of rotatable bonds is 7. The van der Waals surface area contributed by atoms with E-state index in [9.17, 15) is 14.4 Å². The lowest BCUT2D eigenvalue weighted by Gasteiger charge is -2.16. The molecule has 6 nitrogen and oxygen atoms in total. The lowest BCUT2D eigenvalue weighted by molar-refractivity contribution is -0.144. The molecule has 0 saturated heterocycles. The highest BCUT2D eigenvalue weighted by Crippen LogP contribution is 2.19. The summed E-state index contributed by atoms with van der Waals surface area (Å²) in [6, 6.07) is 15.9. The van der Waals surface area contributed by atoms with Crippen molar-refractivity contribution in [2.24, 2.45) is 0 Å². The van der Waals surface area contributed by atoms with Gasteiger partial charge in [-0.25, -0.2) is 4.79 Å². The second-order valence-electron chi connectivity index (χ2n) is 5.61. The molecular weight excluding hydrogens is 334 g/mol. The number of amides is 1. The SMILES string of the molecule is COC(=O)CC[C@H](NC(=O)c1ccc(-c2ccccc2)cc1)C(=O)OC. The summed E-state index contributed by atoms with van der Waals surface area (Å²) in [5, 5.41) is 2.60. The van der Waals surface area contributed by atoms with Crippen LogP contribution in [0.15, 0.2) is 54.6 Å². The van der Waals surface area contributed by atoms with E-state index in [0.29, 0.717) is 5.56 Å². The van der Waals surface area contributed by atoms with Gasteiger partial charge < -0.3 is 14.8 Å². The van der Waals surface area contributed by atoms with E-state index in [0.717, 1.165) is 11.1 Å². The van der Waals surface area contributed by atoms with Gasteiger partial charge in [0.25, 0.3) is 5.91 Å². The number of esters is 2. The third kappa shape index (κ3) is 5.17. The summed E-state index contributed by atoms with van der Waals surface area (Å²) in [6.07, 6.45) is 0.108. The highest BCUT2D eigenvalue weighted by molar-refractivity contribution is 5.97. The molecule has 0 heterocycles. The highest BCUT2D eigenvalue weighted by Gasteiger charge is 2.23. The van der Waals surface area contributed by atoms with Crippen LogP contribution in [0.3, 0.4) is 0 Å². The maximum absolute atomic E-state index is 12.4. The third-order valence-electron chi connectivity index (χ3n) is 3.91. The molecule has 2 aromatic rings. The molecular formula is C20H21NO5. The van der Waals surface area contributed by atoms with Crippen molar-refractivity contribution >= 4 is 17.8 Å². The van der Waals surface area contributed by atoms with Crippen molar-refractivity contribution in [1.29, 1.82) is 0 Å². The van der Waals surface area contributed by atoms with Crippen molar-refractivity contribution in [2.75, 3.05) is 14.2 Å². The number of hydrogen-bond acceptors (Lipinski definition) is 5. The summed E-state index contributed by atoms with van der Waals surface area (Å²) in [4.78, 5) is 35.5. The maximum Gasteiger partial charge on any atom is 0.328 e. The standard InChI is InChI=1S/C20H21NO5/c1-25-18(22)13-12-17(20(24)26-2)21-19(23)16-10-8-15(9-11-16)14-6-4-3-5-7-14/h3-11,17H,12-13H2,1-2H3,(H,21,23)/t17-/m0/s1. The van der Waals surface area contributed by atoms with Gasteiger partial charge in [-0.3, -0.25) is 9.59 Å². The smallest absolute Gasteiger partial charge is 0.328 e. The topological polar surface area (TPSA) is 81.7 Å². The van der Waals surface area contributed by atoms with Gasteiger partial charge in [0.2, 0.25) is 0 Å². The zero-order valence-electron chi connectivity index (χ0n) is 14.7. The van der Waals surface area contributed by atoms with Gasteiger partial charge in [-0.1, -0.05) is 42.5 Å². The fourth-order valence-corrected chi connectivity index (χ4v) is 2.44. The van der Waals surface area contributed by atoms with Gasteiger partial charge in [-0.05, 0) is 29.7 Å². The summed E-state index contributed by atoms with van der Waals surface area (Å²) in [5.41, 5.74) is 2.44. The fraction of sp³-hybridized carbons (Fsp3) is 0.250. The van der Waals surface area contributed by atoms with Crippen LogP contribution in [0.5, 0.6) is 0 Å². The summed E-state index contributed by atoms with van der Waals surface area (Å²) in [7, 11) is 2.50. The summed E-state index contributed by atoms with van der Waals surface area (Å²) in [6.45, 7) is 0. The molecule has 0 aromatic heterocycles. The highest BCUT2D eigenvalue weighted by atomic mass is 16.5. The zero-order chi connectivity index (χ0) is 18.9. The van der Waals surface area contributed by atoms with Crippen molar-refractivity contribution in [3.8, 4) is 11.1 Å². The van der Waals surface area contributed by atoms with E-state index in [4.69, 9.17) is 0 Å². The molecule has 2 aromatic carbocycles. The van der Waals surface area contributed by atoms with Crippen LogP contribution < -0.4 is 5.32 Å².